The fourth-order valence-corrected chi connectivity index (χ4v) is 1.35. The second-order valence-corrected chi connectivity index (χ2v) is 4.03. The van der Waals surface area contributed by atoms with E-state index in [9.17, 15) is 18.4 Å². The summed E-state index contributed by atoms with van der Waals surface area (Å²) in [5.41, 5.74) is 2.17. The lowest BCUT2D eigenvalue weighted by Crippen LogP contribution is -2.27. The number of hydrogen-bond acceptors (Lipinski definition) is 4. The van der Waals surface area contributed by atoms with Gasteiger partial charge in [0.15, 0.2) is 0 Å². The second-order valence-electron chi connectivity index (χ2n) is 4.03. The van der Waals surface area contributed by atoms with Crippen LogP contribution in [0.4, 0.5) is 8.78 Å². The smallest absolute Gasteiger partial charge is 0.387 e. The van der Waals surface area contributed by atoms with Gasteiger partial charge in [0.25, 0.3) is 5.91 Å². The molecule has 0 bridgehead atoms. The Morgan fingerprint density at radius 2 is 1.84 bits per heavy atom. The van der Waals surface area contributed by atoms with Crippen molar-refractivity contribution >= 4 is 11.9 Å². The highest BCUT2D eigenvalue weighted by molar-refractivity contribution is 5.94. The topological polar surface area (TPSA) is 64.6 Å². The van der Waals surface area contributed by atoms with Crippen LogP contribution in [-0.4, -0.2) is 18.5 Å². The number of alkyl halides is 2. The highest BCUT2D eigenvalue weighted by Gasteiger charge is 2.32. The van der Waals surface area contributed by atoms with E-state index >= 15 is 0 Å². The number of halogens is 2. The maximum atomic E-state index is 11.9. The maximum Gasteiger partial charge on any atom is 0.387 e. The van der Waals surface area contributed by atoms with Crippen LogP contribution in [0.5, 0.6) is 5.75 Å². The summed E-state index contributed by atoms with van der Waals surface area (Å²) in [5.74, 6) is -1.27. The number of ether oxygens (including phenoxy) is 1. The Labute approximate surface area is 107 Å². The number of rotatable bonds is 4. The van der Waals surface area contributed by atoms with Crippen LogP contribution in [0, 0.1) is 5.92 Å². The van der Waals surface area contributed by atoms with Gasteiger partial charge < -0.3 is 9.57 Å². The van der Waals surface area contributed by atoms with Crippen LogP contribution >= 0.6 is 0 Å². The molecule has 2 rings (SSSR count). The Morgan fingerprint density at radius 1 is 1.21 bits per heavy atom. The summed E-state index contributed by atoms with van der Waals surface area (Å²) in [7, 11) is 0. The van der Waals surface area contributed by atoms with Crippen LogP contribution in [0.15, 0.2) is 24.3 Å². The van der Waals surface area contributed by atoms with Gasteiger partial charge in [0.05, 0.1) is 5.92 Å². The Hall–Kier alpha value is -2.18. The largest absolute Gasteiger partial charge is 0.435 e. The van der Waals surface area contributed by atoms with Crippen LogP contribution in [0.25, 0.3) is 0 Å². The monoisotopic (exact) mass is 271 g/mol. The van der Waals surface area contributed by atoms with Gasteiger partial charge in [-0.25, -0.2) is 4.79 Å². The lowest BCUT2D eigenvalue weighted by atomic mass is 10.2. The molecule has 5 nitrogen and oxygen atoms in total. The number of carbonyl (C=O) groups is 2. The van der Waals surface area contributed by atoms with E-state index in [1.54, 1.807) is 0 Å². The van der Waals surface area contributed by atoms with Crippen LogP contribution in [0.2, 0.25) is 0 Å². The van der Waals surface area contributed by atoms with Crippen molar-refractivity contribution in [3.63, 3.8) is 0 Å². The molecule has 0 spiro atoms. The van der Waals surface area contributed by atoms with Crippen LogP contribution in [0.1, 0.15) is 23.2 Å². The van der Waals surface area contributed by atoms with E-state index in [0.29, 0.717) is 0 Å². The summed E-state index contributed by atoms with van der Waals surface area (Å²) < 4.78 is 28.0. The van der Waals surface area contributed by atoms with Gasteiger partial charge in [0.2, 0.25) is 0 Å². The van der Waals surface area contributed by atoms with E-state index in [4.69, 9.17) is 0 Å². The third kappa shape index (κ3) is 3.90. The molecule has 0 unspecified atom stereocenters. The quantitative estimate of drug-likeness (QED) is 0.849. The van der Waals surface area contributed by atoms with Crippen LogP contribution in [0.3, 0.4) is 0 Å². The van der Waals surface area contributed by atoms with E-state index in [0.717, 1.165) is 12.8 Å². The molecule has 0 saturated heterocycles. The van der Waals surface area contributed by atoms with Gasteiger partial charge in [0, 0.05) is 5.56 Å². The van der Waals surface area contributed by atoms with Gasteiger partial charge in [-0.2, -0.15) is 14.3 Å². The summed E-state index contributed by atoms with van der Waals surface area (Å²) >= 11 is 0. The first-order valence-electron chi connectivity index (χ1n) is 5.62. The first-order chi connectivity index (χ1) is 9.06. The number of amides is 1. The van der Waals surface area contributed by atoms with Crippen molar-refractivity contribution in [3.05, 3.63) is 29.8 Å². The minimum absolute atomic E-state index is 0.0541. The molecule has 1 N–H and O–H groups in total. The third-order valence-electron chi connectivity index (χ3n) is 2.50. The second kappa shape index (κ2) is 5.64. The number of nitrogens with one attached hydrogen (secondary N) is 1. The summed E-state index contributed by atoms with van der Waals surface area (Å²) in [6.07, 6.45) is 1.54. The zero-order valence-corrected chi connectivity index (χ0v) is 9.77. The number of hydrogen-bond donors (Lipinski definition) is 1. The molecule has 7 heteroatoms. The molecular weight excluding hydrogens is 260 g/mol. The Kier molecular flexibility index (Phi) is 3.94. The molecule has 0 aliphatic heterocycles. The van der Waals surface area contributed by atoms with Gasteiger partial charge in [-0.3, -0.25) is 4.79 Å². The molecule has 102 valence electrons. The van der Waals surface area contributed by atoms with E-state index in [-0.39, 0.29) is 17.2 Å². The van der Waals surface area contributed by atoms with Gasteiger partial charge in [0.1, 0.15) is 5.75 Å². The van der Waals surface area contributed by atoms with Gasteiger partial charge in [-0.1, -0.05) is 0 Å². The fraction of sp³-hybridized carbons (Fsp3) is 0.333. The van der Waals surface area contributed by atoms with Crippen molar-refractivity contribution in [1.82, 2.24) is 5.48 Å². The van der Waals surface area contributed by atoms with Crippen molar-refractivity contribution in [2.75, 3.05) is 0 Å². The third-order valence-corrected chi connectivity index (χ3v) is 2.50. The molecule has 0 aromatic heterocycles. The van der Waals surface area contributed by atoms with Crippen LogP contribution < -0.4 is 10.2 Å². The summed E-state index contributed by atoms with van der Waals surface area (Å²) in [4.78, 5) is 27.3. The molecule has 19 heavy (non-hydrogen) atoms. The van der Waals surface area contributed by atoms with Crippen molar-refractivity contribution < 1.29 is 27.9 Å². The van der Waals surface area contributed by atoms with Gasteiger partial charge in [-0.05, 0) is 37.1 Å². The lowest BCUT2D eigenvalue weighted by molar-refractivity contribution is -0.150. The standard InChI is InChI=1S/C12H11F2NO4/c13-12(14)18-9-5-3-7(4-6-9)10(16)15-19-11(17)8-1-2-8/h3-6,8,12H,1-2H2,(H,15,16). The minimum atomic E-state index is -2.92. The Morgan fingerprint density at radius 3 is 2.37 bits per heavy atom. The van der Waals surface area contributed by atoms with E-state index in [1.165, 1.54) is 24.3 Å². The molecule has 1 aromatic carbocycles. The molecule has 1 amide bonds. The molecular formula is C12H11F2NO4. The number of hydroxylamine groups is 1. The zero-order chi connectivity index (χ0) is 13.8. The summed E-state index contributed by atoms with van der Waals surface area (Å²) in [5, 5.41) is 0. The molecule has 1 aliphatic rings. The fourth-order valence-electron chi connectivity index (χ4n) is 1.35. The molecule has 1 aliphatic carbocycles. The molecule has 1 aromatic rings. The molecule has 0 radical (unpaired) electrons. The van der Waals surface area contributed by atoms with Crippen molar-refractivity contribution in [1.29, 1.82) is 0 Å². The summed E-state index contributed by atoms with van der Waals surface area (Å²) in [6, 6.07) is 5.03. The highest BCUT2D eigenvalue weighted by atomic mass is 19.3. The van der Waals surface area contributed by atoms with E-state index in [1.807, 2.05) is 5.48 Å². The predicted octanol–water partition coefficient (Wildman–Crippen LogP) is 1.89. The predicted molar refractivity (Wildman–Crippen MR) is 59.4 cm³/mol. The molecule has 0 heterocycles. The van der Waals surface area contributed by atoms with Crippen molar-refractivity contribution in [2.45, 2.75) is 19.5 Å². The molecule has 1 fully saturated rings. The average Bonchev–Trinajstić information content (AvgIpc) is 3.20. The normalized spacial score (nSPS) is 14.1. The van der Waals surface area contributed by atoms with Gasteiger partial charge >= 0.3 is 12.6 Å². The zero-order valence-electron chi connectivity index (χ0n) is 9.77. The number of benzene rings is 1. The first-order valence-corrected chi connectivity index (χ1v) is 5.62. The Balaban J connectivity index is 1.86. The maximum absolute atomic E-state index is 11.9. The van der Waals surface area contributed by atoms with E-state index < -0.39 is 18.5 Å². The summed E-state index contributed by atoms with van der Waals surface area (Å²) in [6.45, 7) is -2.92. The SMILES string of the molecule is O=C(NOC(=O)C1CC1)c1ccc(OC(F)F)cc1. The van der Waals surface area contributed by atoms with Gasteiger partial charge in [-0.15, -0.1) is 0 Å². The van der Waals surface area contributed by atoms with Crippen molar-refractivity contribution in [2.24, 2.45) is 5.92 Å². The van der Waals surface area contributed by atoms with Crippen LogP contribution in [-0.2, 0) is 9.63 Å². The highest BCUT2D eigenvalue weighted by Crippen LogP contribution is 2.29. The average molecular weight is 271 g/mol. The Bertz CT molecular complexity index is 471. The number of carbonyl (C=O) groups excluding carboxylic acids is 2. The lowest BCUT2D eigenvalue weighted by Gasteiger charge is -2.06. The first kappa shape index (κ1) is 13.3. The molecule has 0 atom stereocenters. The van der Waals surface area contributed by atoms with E-state index in [2.05, 4.69) is 9.57 Å². The minimum Gasteiger partial charge on any atom is -0.435 e. The van der Waals surface area contributed by atoms with Crippen molar-refractivity contribution in [3.8, 4) is 5.75 Å². The molecule has 1 saturated carbocycles.